The molecule has 0 radical (unpaired) electrons. The van der Waals surface area contributed by atoms with E-state index in [-0.39, 0.29) is 11.2 Å². The van der Waals surface area contributed by atoms with Crippen molar-refractivity contribution in [3.8, 4) is 0 Å². The van der Waals surface area contributed by atoms with E-state index in [9.17, 15) is 14.4 Å². The van der Waals surface area contributed by atoms with Gasteiger partial charge < -0.3 is 10.2 Å². The van der Waals surface area contributed by atoms with E-state index in [0.29, 0.717) is 6.42 Å². The molecule has 0 aromatic rings. The van der Waals surface area contributed by atoms with Crippen molar-refractivity contribution in [2.75, 3.05) is 0 Å². The molecule has 0 saturated heterocycles. The van der Waals surface area contributed by atoms with Crippen LogP contribution in [0.1, 0.15) is 33.6 Å². The summed E-state index contributed by atoms with van der Waals surface area (Å²) in [5, 5.41) is 26.0. The van der Waals surface area contributed by atoms with Crippen molar-refractivity contribution >= 4 is 29.9 Å². The molecule has 0 fully saturated rings. The number of ketones is 1. The van der Waals surface area contributed by atoms with E-state index in [0.717, 1.165) is 30.7 Å². The summed E-state index contributed by atoms with van der Waals surface area (Å²) >= 11 is 0. The summed E-state index contributed by atoms with van der Waals surface area (Å²) in [6.45, 7) is 12.2. The molecule has 1 aliphatic carbocycles. The molecular formula is C17H24N2O7. The molecule has 1 aliphatic rings. The van der Waals surface area contributed by atoms with E-state index in [4.69, 9.17) is 30.6 Å². The normalized spacial score (nSPS) is 12.4. The largest absolute Gasteiger partial charge is 0.478 e. The molecule has 0 unspecified atom stereocenters. The Bertz CT molecular complexity index is 548. The lowest BCUT2D eigenvalue weighted by Crippen LogP contribution is -2.20. The van der Waals surface area contributed by atoms with Crippen LogP contribution in [0.15, 0.2) is 37.0 Å². The molecule has 0 bridgehead atoms. The third-order valence-corrected chi connectivity index (χ3v) is 2.17. The average Bonchev–Trinajstić information content (AvgIpc) is 2.47. The molecule has 144 valence electrons. The van der Waals surface area contributed by atoms with E-state index in [2.05, 4.69) is 27.0 Å². The second kappa shape index (κ2) is 19.6. The van der Waals surface area contributed by atoms with E-state index in [1.165, 1.54) is 5.57 Å². The van der Waals surface area contributed by atoms with Gasteiger partial charge in [-0.15, -0.1) is 0 Å². The van der Waals surface area contributed by atoms with Crippen molar-refractivity contribution < 1.29 is 34.2 Å². The number of rotatable bonds is 2. The van der Waals surface area contributed by atoms with Gasteiger partial charge in [0.05, 0.1) is 0 Å². The highest BCUT2D eigenvalue weighted by molar-refractivity contribution is 5.91. The maximum absolute atomic E-state index is 11.0. The fourth-order valence-corrected chi connectivity index (χ4v) is 1.67. The molecule has 0 aromatic heterocycles. The Balaban J connectivity index is -0.000000130. The minimum atomic E-state index is -0.981. The second-order valence-electron chi connectivity index (χ2n) is 5.26. The highest BCUT2D eigenvalue weighted by Crippen LogP contribution is 2.32. The van der Waals surface area contributed by atoms with E-state index < -0.39 is 11.9 Å². The molecule has 0 atom stereocenters. The van der Waals surface area contributed by atoms with E-state index >= 15 is 0 Å². The van der Waals surface area contributed by atoms with Crippen LogP contribution in [-0.2, 0) is 24.0 Å². The molecule has 0 heterocycles. The molecule has 9 heteroatoms. The van der Waals surface area contributed by atoms with Gasteiger partial charge in [-0.2, -0.15) is 0 Å². The topological polar surface area (TPSA) is 174 Å². The third kappa shape index (κ3) is 37.1. The Morgan fingerprint density at radius 1 is 1.08 bits per heavy atom. The Labute approximate surface area is 151 Å². The number of carboxylic acids is 2. The first-order chi connectivity index (χ1) is 11.9. The number of carbonyl (C=O) groups is 3. The maximum atomic E-state index is 11.0. The number of isocyanates is 2. The fourth-order valence-electron chi connectivity index (χ4n) is 1.67. The minimum Gasteiger partial charge on any atom is -0.478 e. The van der Waals surface area contributed by atoms with Crippen LogP contribution < -0.4 is 0 Å². The summed E-state index contributed by atoms with van der Waals surface area (Å²) in [6.07, 6.45) is 6.72. The third-order valence-electron chi connectivity index (χ3n) is 2.17. The Kier molecular flexibility index (Phi) is 23.0. The molecule has 0 saturated carbocycles. The van der Waals surface area contributed by atoms with Crippen molar-refractivity contribution in [2.45, 2.75) is 33.6 Å². The van der Waals surface area contributed by atoms with Crippen LogP contribution >= 0.6 is 0 Å². The zero-order chi connectivity index (χ0) is 21.8. The van der Waals surface area contributed by atoms with Gasteiger partial charge in [0, 0.05) is 18.6 Å². The summed E-state index contributed by atoms with van der Waals surface area (Å²) in [7, 11) is 0. The van der Waals surface area contributed by atoms with E-state index in [1.54, 1.807) is 6.08 Å². The lowest BCUT2D eigenvalue weighted by Gasteiger charge is -2.27. The van der Waals surface area contributed by atoms with Gasteiger partial charge in [0.15, 0.2) is 5.78 Å². The minimum absolute atomic E-state index is 0.204. The van der Waals surface area contributed by atoms with Gasteiger partial charge in [-0.3, -0.25) is 4.79 Å². The molecular weight excluding hydrogens is 344 g/mol. The van der Waals surface area contributed by atoms with Crippen molar-refractivity contribution in [1.29, 1.82) is 10.8 Å². The summed E-state index contributed by atoms with van der Waals surface area (Å²) < 4.78 is 0. The van der Waals surface area contributed by atoms with Crippen LogP contribution in [0.5, 0.6) is 0 Å². The first kappa shape index (κ1) is 30.5. The molecule has 0 aliphatic heterocycles. The van der Waals surface area contributed by atoms with Gasteiger partial charge in [-0.25, -0.2) is 30.0 Å². The average molecular weight is 368 g/mol. The zero-order valence-electron chi connectivity index (χ0n) is 15.0. The molecule has 26 heavy (non-hydrogen) atoms. The first-order valence-electron chi connectivity index (χ1n) is 6.85. The molecule has 0 spiro atoms. The zero-order valence-corrected chi connectivity index (χ0v) is 15.0. The van der Waals surface area contributed by atoms with Crippen molar-refractivity contribution in [3.05, 3.63) is 37.0 Å². The molecule has 0 amide bonds. The van der Waals surface area contributed by atoms with Crippen molar-refractivity contribution in [3.63, 3.8) is 0 Å². The van der Waals surface area contributed by atoms with Crippen LogP contribution in [0.3, 0.4) is 0 Å². The second-order valence-corrected chi connectivity index (χ2v) is 5.26. The number of aliphatic carboxylic acids is 2. The standard InChI is InChI=1S/C9H14O.2C3H4O2.2CHNO/c1-7-4-8(10)6-9(2,3)5-7;2*1-2-3(4)5;2*2-1-3/h4H,5-6H2,1-3H3;2*2H,1H2,(H,4,5);2*2H. The number of nitrogens with one attached hydrogen (secondary N) is 2. The van der Waals surface area contributed by atoms with Crippen LogP contribution in [0.4, 0.5) is 0 Å². The fraction of sp³-hybridized carbons (Fsp3) is 0.353. The highest BCUT2D eigenvalue weighted by Gasteiger charge is 2.25. The predicted octanol–water partition coefficient (Wildman–Crippen LogP) is 2.64. The monoisotopic (exact) mass is 368 g/mol. The van der Waals surface area contributed by atoms with Crippen LogP contribution in [-0.4, -0.2) is 40.1 Å². The molecule has 0 aromatic carbocycles. The summed E-state index contributed by atoms with van der Waals surface area (Å²) in [5.74, 6) is -1.68. The van der Waals surface area contributed by atoms with Gasteiger partial charge in [0.25, 0.3) is 0 Å². The smallest absolute Gasteiger partial charge is 0.327 e. The number of allylic oxidation sites excluding steroid dienone is 2. The number of carboxylic acid groups (broad SMARTS) is 2. The Hall–Kier alpha value is -3.41. The number of carbonyl (C=O) groups excluding carboxylic acids is 3. The highest BCUT2D eigenvalue weighted by atomic mass is 16.4. The summed E-state index contributed by atoms with van der Waals surface area (Å²) in [4.78, 5) is 46.2. The van der Waals surface area contributed by atoms with Crippen LogP contribution in [0, 0.1) is 16.2 Å². The summed E-state index contributed by atoms with van der Waals surface area (Å²) in [6, 6.07) is 0. The lowest BCUT2D eigenvalue weighted by molar-refractivity contribution is -0.132. The SMILES string of the molecule is C=CC(=O)O.C=CC(=O)O.CC1=CC(=O)CC(C)(C)C1.N=C=O.N=C=O. The van der Waals surface area contributed by atoms with Crippen molar-refractivity contribution in [2.24, 2.45) is 5.41 Å². The first-order valence-corrected chi connectivity index (χ1v) is 6.85. The predicted molar refractivity (Wildman–Crippen MR) is 94.3 cm³/mol. The number of hydrogen-bond acceptors (Lipinski definition) is 7. The lowest BCUT2D eigenvalue weighted by atomic mass is 9.77. The van der Waals surface area contributed by atoms with Gasteiger partial charge in [0.2, 0.25) is 12.2 Å². The van der Waals surface area contributed by atoms with Crippen molar-refractivity contribution in [1.82, 2.24) is 0 Å². The molecule has 1 rings (SSSR count). The Morgan fingerprint density at radius 2 is 1.35 bits per heavy atom. The quantitative estimate of drug-likeness (QED) is 0.329. The maximum Gasteiger partial charge on any atom is 0.327 e. The van der Waals surface area contributed by atoms with Gasteiger partial charge >= 0.3 is 11.9 Å². The van der Waals surface area contributed by atoms with E-state index in [1.807, 2.05) is 6.92 Å². The summed E-state index contributed by atoms with van der Waals surface area (Å²) in [5.41, 5.74) is 1.43. The molecule has 9 nitrogen and oxygen atoms in total. The van der Waals surface area contributed by atoms with Crippen LogP contribution in [0.2, 0.25) is 0 Å². The van der Waals surface area contributed by atoms with Crippen LogP contribution in [0.25, 0.3) is 0 Å². The Morgan fingerprint density at radius 3 is 1.50 bits per heavy atom. The van der Waals surface area contributed by atoms with Gasteiger partial charge in [-0.1, -0.05) is 32.6 Å². The number of hydrogen-bond donors (Lipinski definition) is 4. The van der Waals surface area contributed by atoms with Gasteiger partial charge in [-0.05, 0) is 24.8 Å². The molecule has 4 N–H and O–H groups in total. The van der Waals surface area contributed by atoms with Gasteiger partial charge in [0.1, 0.15) is 0 Å².